The lowest BCUT2D eigenvalue weighted by atomic mass is 10.2. The predicted octanol–water partition coefficient (Wildman–Crippen LogP) is 2.64. The Balaban J connectivity index is 1.68. The number of methoxy groups -OCH3 is 1. The summed E-state index contributed by atoms with van der Waals surface area (Å²) in [4.78, 5) is 26.6. The third-order valence-corrected chi connectivity index (χ3v) is 6.04. The molecule has 33 heavy (non-hydrogen) atoms. The van der Waals surface area contributed by atoms with E-state index < -0.39 is 21.8 Å². The number of carbonyl (C=O) groups excluding carboxylic acids is 2. The SMILES string of the molecule is COc1ccc(NS(=O)(=O)c2cccc(C(=O)NNC(=O)c3cccc(N(C)C)c3)c2)cc1. The lowest BCUT2D eigenvalue weighted by Crippen LogP contribution is -2.41. The van der Waals surface area contributed by atoms with Crippen molar-refractivity contribution in [3.8, 4) is 5.75 Å². The van der Waals surface area contributed by atoms with Gasteiger partial charge in [-0.15, -0.1) is 0 Å². The van der Waals surface area contributed by atoms with Gasteiger partial charge < -0.3 is 9.64 Å². The van der Waals surface area contributed by atoms with Crippen molar-refractivity contribution in [1.29, 1.82) is 0 Å². The van der Waals surface area contributed by atoms with Gasteiger partial charge in [-0.3, -0.25) is 25.2 Å². The van der Waals surface area contributed by atoms with Crippen LogP contribution in [0.5, 0.6) is 5.75 Å². The Kier molecular flexibility index (Phi) is 7.19. The third-order valence-electron chi connectivity index (χ3n) is 4.66. The fourth-order valence-corrected chi connectivity index (χ4v) is 3.96. The summed E-state index contributed by atoms with van der Waals surface area (Å²) in [5.41, 5.74) is 6.25. The predicted molar refractivity (Wildman–Crippen MR) is 126 cm³/mol. The monoisotopic (exact) mass is 468 g/mol. The van der Waals surface area contributed by atoms with Crippen molar-refractivity contribution in [3.63, 3.8) is 0 Å². The molecule has 172 valence electrons. The fraction of sp³-hybridized carbons (Fsp3) is 0.130. The first kappa shape index (κ1) is 23.6. The summed E-state index contributed by atoms with van der Waals surface area (Å²) in [5, 5.41) is 0. The standard InChI is InChI=1S/C23H24N4O5S/c1-27(2)19-8-4-6-16(14-19)22(28)24-25-23(29)17-7-5-9-21(15-17)33(30,31)26-18-10-12-20(32-3)13-11-18/h4-15,26H,1-3H3,(H,24,28)(H,25,29). The Hall–Kier alpha value is -4.05. The van der Waals surface area contributed by atoms with E-state index in [-0.39, 0.29) is 10.5 Å². The molecule has 10 heteroatoms. The van der Waals surface area contributed by atoms with Crippen LogP contribution in [0.2, 0.25) is 0 Å². The molecule has 3 aromatic rings. The maximum atomic E-state index is 12.7. The molecule has 0 heterocycles. The molecule has 0 radical (unpaired) electrons. The van der Waals surface area contributed by atoms with Gasteiger partial charge in [0.25, 0.3) is 21.8 Å². The number of amides is 2. The molecule has 0 aliphatic carbocycles. The van der Waals surface area contributed by atoms with Gasteiger partial charge in [0.15, 0.2) is 0 Å². The molecule has 3 aromatic carbocycles. The highest BCUT2D eigenvalue weighted by Crippen LogP contribution is 2.20. The molecule has 0 bridgehead atoms. The zero-order chi connectivity index (χ0) is 24.0. The maximum Gasteiger partial charge on any atom is 0.269 e. The number of hydrazine groups is 1. The zero-order valence-corrected chi connectivity index (χ0v) is 19.1. The number of hydrogen-bond donors (Lipinski definition) is 3. The molecule has 0 aliphatic heterocycles. The van der Waals surface area contributed by atoms with Crippen molar-refractivity contribution >= 4 is 33.2 Å². The quantitative estimate of drug-likeness (QED) is 0.459. The van der Waals surface area contributed by atoms with E-state index in [4.69, 9.17) is 4.74 Å². The number of hydrogen-bond acceptors (Lipinski definition) is 6. The van der Waals surface area contributed by atoms with Gasteiger partial charge in [-0.25, -0.2) is 8.42 Å². The van der Waals surface area contributed by atoms with Crippen LogP contribution in [-0.2, 0) is 10.0 Å². The molecule has 0 aliphatic rings. The average Bonchev–Trinajstić information content (AvgIpc) is 2.82. The fourth-order valence-electron chi connectivity index (χ4n) is 2.86. The van der Waals surface area contributed by atoms with Crippen molar-refractivity contribution in [2.24, 2.45) is 0 Å². The Bertz CT molecular complexity index is 1260. The minimum Gasteiger partial charge on any atom is -0.497 e. The highest BCUT2D eigenvalue weighted by Gasteiger charge is 2.17. The second-order valence-corrected chi connectivity index (χ2v) is 8.90. The van der Waals surface area contributed by atoms with Crippen LogP contribution in [0.3, 0.4) is 0 Å². The van der Waals surface area contributed by atoms with Gasteiger partial charge in [0.05, 0.1) is 12.0 Å². The molecule has 0 unspecified atom stereocenters. The maximum absolute atomic E-state index is 12.7. The highest BCUT2D eigenvalue weighted by atomic mass is 32.2. The smallest absolute Gasteiger partial charge is 0.269 e. The summed E-state index contributed by atoms with van der Waals surface area (Å²) in [6.45, 7) is 0. The Morgan fingerprint density at radius 1 is 0.818 bits per heavy atom. The topological polar surface area (TPSA) is 117 Å². The van der Waals surface area contributed by atoms with Gasteiger partial charge in [0.2, 0.25) is 0 Å². The third kappa shape index (κ3) is 6.01. The van der Waals surface area contributed by atoms with Crippen LogP contribution in [0.4, 0.5) is 11.4 Å². The van der Waals surface area contributed by atoms with Crippen molar-refractivity contribution in [2.45, 2.75) is 4.90 Å². The first-order valence-electron chi connectivity index (χ1n) is 9.84. The molecule has 0 spiro atoms. The van der Waals surface area contributed by atoms with Gasteiger partial charge in [-0.2, -0.15) is 0 Å². The van der Waals surface area contributed by atoms with E-state index in [1.54, 1.807) is 42.5 Å². The van der Waals surface area contributed by atoms with Crippen molar-refractivity contribution in [3.05, 3.63) is 83.9 Å². The van der Waals surface area contributed by atoms with Crippen molar-refractivity contribution in [2.75, 3.05) is 30.8 Å². The molecule has 2 amide bonds. The summed E-state index contributed by atoms with van der Waals surface area (Å²) in [6, 6.07) is 18.7. The molecular weight excluding hydrogens is 444 g/mol. The molecule has 0 fully saturated rings. The second kappa shape index (κ2) is 10.0. The largest absolute Gasteiger partial charge is 0.497 e. The number of ether oxygens (including phenoxy) is 1. The number of anilines is 2. The normalized spacial score (nSPS) is 10.8. The lowest BCUT2D eigenvalue weighted by Gasteiger charge is -2.14. The molecule has 3 rings (SSSR count). The minimum absolute atomic E-state index is 0.0648. The molecule has 0 aromatic heterocycles. The summed E-state index contributed by atoms with van der Waals surface area (Å²) < 4.78 is 32.9. The molecule has 3 N–H and O–H groups in total. The molecular formula is C23H24N4O5S. The molecule has 9 nitrogen and oxygen atoms in total. The van der Waals surface area contributed by atoms with Gasteiger partial charge in [0.1, 0.15) is 5.75 Å². The van der Waals surface area contributed by atoms with Gasteiger partial charge in [0, 0.05) is 36.6 Å². The Morgan fingerprint density at radius 3 is 1.97 bits per heavy atom. The Morgan fingerprint density at radius 2 is 1.39 bits per heavy atom. The van der Waals surface area contributed by atoms with E-state index in [1.807, 2.05) is 25.1 Å². The number of nitrogens with zero attached hydrogens (tertiary/aromatic N) is 1. The van der Waals surface area contributed by atoms with Crippen molar-refractivity contribution in [1.82, 2.24) is 10.9 Å². The first-order chi connectivity index (χ1) is 15.7. The zero-order valence-electron chi connectivity index (χ0n) is 18.3. The number of rotatable bonds is 7. The van der Waals surface area contributed by atoms with Crippen LogP contribution in [0.15, 0.2) is 77.7 Å². The number of benzene rings is 3. The van der Waals surface area contributed by atoms with E-state index in [2.05, 4.69) is 15.6 Å². The number of carbonyl (C=O) groups is 2. The number of nitrogens with one attached hydrogen (secondary N) is 3. The van der Waals surface area contributed by atoms with Gasteiger partial charge >= 0.3 is 0 Å². The van der Waals surface area contributed by atoms with E-state index in [9.17, 15) is 18.0 Å². The van der Waals surface area contributed by atoms with E-state index in [0.717, 1.165) is 5.69 Å². The highest BCUT2D eigenvalue weighted by molar-refractivity contribution is 7.92. The second-order valence-electron chi connectivity index (χ2n) is 7.21. The van der Waals surface area contributed by atoms with Crippen LogP contribution in [0.25, 0.3) is 0 Å². The van der Waals surface area contributed by atoms with E-state index in [1.165, 1.54) is 31.4 Å². The average molecular weight is 469 g/mol. The van der Waals surface area contributed by atoms with E-state index >= 15 is 0 Å². The van der Waals surface area contributed by atoms with Crippen LogP contribution < -0.4 is 25.2 Å². The molecule has 0 atom stereocenters. The van der Waals surface area contributed by atoms with E-state index in [0.29, 0.717) is 17.0 Å². The first-order valence-corrected chi connectivity index (χ1v) is 11.3. The van der Waals surface area contributed by atoms with Gasteiger partial charge in [-0.05, 0) is 60.7 Å². The van der Waals surface area contributed by atoms with Crippen LogP contribution in [0, 0.1) is 0 Å². The lowest BCUT2D eigenvalue weighted by molar-refractivity contribution is 0.0846. The van der Waals surface area contributed by atoms with Crippen LogP contribution in [0.1, 0.15) is 20.7 Å². The van der Waals surface area contributed by atoms with Crippen LogP contribution in [-0.4, -0.2) is 41.4 Å². The Labute approximate surface area is 192 Å². The summed E-state index contributed by atoms with van der Waals surface area (Å²) >= 11 is 0. The number of sulfonamides is 1. The molecule has 0 saturated heterocycles. The minimum atomic E-state index is -3.94. The summed E-state index contributed by atoms with van der Waals surface area (Å²) in [7, 11) is 1.28. The van der Waals surface area contributed by atoms with Crippen LogP contribution >= 0.6 is 0 Å². The summed E-state index contributed by atoms with van der Waals surface area (Å²) in [5.74, 6) is -0.572. The van der Waals surface area contributed by atoms with Crippen molar-refractivity contribution < 1.29 is 22.7 Å². The van der Waals surface area contributed by atoms with Gasteiger partial charge in [-0.1, -0.05) is 12.1 Å². The summed E-state index contributed by atoms with van der Waals surface area (Å²) in [6.07, 6.45) is 0. The molecule has 0 saturated carbocycles.